The molecule has 0 aliphatic carbocycles. The van der Waals surface area contributed by atoms with Gasteiger partial charge < -0.3 is 15.0 Å². The first-order valence-corrected chi connectivity index (χ1v) is 5.82. The molecule has 1 amide bonds. The zero-order valence-corrected chi connectivity index (χ0v) is 9.37. The van der Waals surface area contributed by atoms with Gasteiger partial charge in [-0.15, -0.1) is 0 Å². The third-order valence-electron chi connectivity index (χ3n) is 3.36. The molecule has 4 heteroatoms. The lowest BCUT2D eigenvalue weighted by Crippen LogP contribution is -2.42. The van der Waals surface area contributed by atoms with Gasteiger partial charge in [-0.1, -0.05) is 0 Å². The number of likely N-dealkylation sites (tertiary alicyclic amines) is 1. The van der Waals surface area contributed by atoms with Gasteiger partial charge >= 0.3 is 0 Å². The number of nitrogens with zero attached hydrogens (tertiary/aromatic N) is 1. The number of nitrogens with one attached hydrogen (secondary N) is 1. The molecule has 2 saturated heterocycles. The smallest absolute Gasteiger partial charge is 0.239 e. The van der Waals surface area contributed by atoms with E-state index in [1.54, 1.807) is 7.11 Å². The molecule has 2 rings (SSSR count). The topological polar surface area (TPSA) is 41.6 Å². The SMILES string of the molecule is COC[C@H]1CCN(C(=O)[C@@H]2CCCN2)C1. The monoisotopic (exact) mass is 212 g/mol. The Bertz CT molecular complexity index is 227. The minimum Gasteiger partial charge on any atom is -0.384 e. The van der Waals surface area contributed by atoms with Gasteiger partial charge in [0.2, 0.25) is 5.91 Å². The molecule has 2 atom stereocenters. The van der Waals surface area contributed by atoms with Crippen molar-refractivity contribution in [2.45, 2.75) is 25.3 Å². The van der Waals surface area contributed by atoms with Gasteiger partial charge in [0.15, 0.2) is 0 Å². The van der Waals surface area contributed by atoms with Crippen molar-refractivity contribution in [3.8, 4) is 0 Å². The zero-order valence-electron chi connectivity index (χ0n) is 9.37. The molecule has 0 saturated carbocycles. The van der Waals surface area contributed by atoms with Gasteiger partial charge in [0.25, 0.3) is 0 Å². The lowest BCUT2D eigenvalue weighted by Gasteiger charge is -2.20. The van der Waals surface area contributed by atoms with Crippen molar-refractivity contribution in [1.29, 1.82) is 0 Å². The Kier molecular flexibility index (Phi) is 3.59. The fraction of sp³-hybridized carbons (Fsp3) is 0.909. The van der Waals surface area contributed by atoms with Crippen LogP contribution in [0.5, 0.6) is 0 Å². The van der Waals surface area contributed by atoms with Crippen LogP contribution in [0.15, 0.2) is 0 Å². The normalized spacial score (nSPS) is 31.1. The van der Waals surface area contributed by atoms with Crippen molar-refractivity contribution in [1.82, 2.24) is 10.2 Å². The molecule has 0 radical (unpaired) electrons. The van der Waals surface area contributed by atoms with E-state index in [4.69, 9.17) is 4.74 Å². The van der Waals surface area contributed by atoms with Gasteiger partial charge in [-0.3, -0.25) is 4.79 Å². The van der Waals surface area contributed by atoms with E-state index in [0.29, 0.717) is 11.8 Å². The number of hydrogen-bond acceptors (Lipinski definition) is 3. The van der Waals surface area contributed by atoms with Gasteiger partial charge in [0.05, 0.1) is 12.6 Å². The maximum atomic E-state index is 12.0. The summed E-state index contributed by atoms with van der Waals surface area (Å²) in [4.78, 5) is 14.0. The second-order valence-corrected chi connectivity index (χ2v) is 4.54. The summed E-state index contributed by atoms with van der Waals surface area (Å²) in [6.07, 6.45) is 3.22. The lowest BCUT2D eigenvalue weighted by atomic mass is 10.1. The highest BCUT2D eigenvalue weighted by Crippen LogP contribution is 2.19. The molecule has 86 valence electrons. The van der Waals surface area contributed by atoms with Crippen LogP contribution in [0, 0.1) is 5.92 Å². The Labute approximate surface area is 91.0 Å². The number of carbonyl (C=O) groups is 1. The van der Waals surface area contributed by atoms with Crippen molar-refractivity contribution in [2.75, 3.05) is 33.4 Å². The Morgan fingerprint density at radius 1 is 1.53 bits per heavy atom. The summed E-state index contributed by atoms with van der Waals surface area (Å²) in [7, 11) is 1.73. The maximum Gasteiger partial charge on any atom is 0.239 e. The van der Waals surface area contributed by atoms with E-state index in [9.17, 15) is 4.79 Å². The second-order valence-electron chi connectivity index (χ2n) is 4.54. The average Bonchev–Trinajstić information content (AvgIpc) is 2.87. The first kappa shape index (κ1) is 10.9. The fourth-order valence-electron chi connectivity index (χ4n) is 2.52. The van der Waals surface area contributed by atoms with Crippen LogP contribution >= 0.6 is 0 Å². The van der Waals surface area contributed by atoms with Gasteiger partial charge in [0, 0.05) is 26.1 Å². The van der Waals surface area contributed by atoms with E-state index in [1.165, 1.54) is 0 Å². The zero-order chi connectivity index (χ0) is 10.7. The minimum atomic E-state index is 0.0892. The molecule has 0 bridgehead atoms. The number of rotatable bonds is 3. The highest BCUT2D eigenvalue weighted by molar-refractivity contribution is 5.82. The molecule has 0 aromatic heterocycles. The summed E-state index contributed by atoms with van der Waals surface area (Å²) in [6.45, 7) is 3.56. The van der Waals surface area contributed by atoms with Gasteiger partial charge in [-0.25, -0.2) is 0 Å². The summed E-state index contributed by atoms with van der Waals surface area (Å²) in [5.74, 6) is 0.839. The minimum absolute atomic E-state index is 0.0892. The Balaban J connectivity index is 1.81. The number of amides is 1. The van der Waals surface area contributed by atoms with E-state index in [-0.39, 0.29) is 6.04 Å². The average molecular weight is 212 g/mol. The van der Waals surface area contributed by atoms with E-state index in [2.05, 4.69) is 5.32 Å². The van der Waals surface area contributed by atoms with Crippen LogP contribution < -0.4 is 5.32 Å². The summed E-state index contributed by atoms with van der Waals surface area (Å²) in [5, 5.41) is 3.26. The van der Waals surface area contributed by atoms with Gasteiger partial charge in [-0.2, -0.15) is 0 Å². The Hall–Kier alpha value is -0.610. The van der Waals surface area contributed by atoms with Crippen molar-refractivity contribution in [2.24, 2.45) is 5.92 Å². The number of carbonyl (C=O) groups excluding carboxylic acids is 1. The van der Waals surface area contributed by atoms with E-state index in [0.717, 1.165) is 45.5 Å². The molecule has 2 fully saturated rings. The summed E-state index contributed by atoms with van der Waals surface area (Å²) < 4.78 is 5.13. The molecular weight excluding hydrogens is 192 g/mol. The van der Waals surface area contributed by atoms with E-state index >= 15 is 0 Å². The summed E-state index contributed by atoms with van der Waals surface area (Å²) in [5.41, 5.74) is 0. The molecule has 2 heterocycles. The molecule has 4 nitrogen and oxygen atoms in total. The van der Waals surface area contributed by atoms with Crippen LogP contribution in [0.3, 0.4) is 0 Å². The molecular formula is C11H20N2O2. The van der Waals surface area contributed by atoms with Crippen molar-refractivity contribution in [3.05, 3.63) is 0 Å². The molecule has 0 aromatic rings. The van der Waals surface area contributed by atoms with Crippen LogP contribution in [0.2, 0.25) is 0 Å². The summed E-state index contributed by atoms with van der Waals surface area (Å²) >= 11 is 0. The number of methoxy groups -OCH3 is 1. The van der Waals surface area contributed by atoms with Gasteiger partial charge in [-0.05, 0) is 25.8 Å². The third kappa shape index (κ3) is 2.49. The van der Waals surface area contributed by atoms with Crippen LogP contribution in [-0.4, -0.2) is 50.2 Å². The molecule has 15 heavy (non-hydrogen) atoms. The van der Waals surface area contributed by atoms with Crippen molar-refractivity contribution < 1.29 is 9.53 Å². The van der Waals surface area contributed by atoms with Crippen LogP contribution in [0.4, 0.5) is 0 Å². The predicted molar refractivity (Wildman–Crippen MR) is 57.6 cm³/mol. The van der Waals surface area contributed by atoms with Gasteiger partial charge in [0.1, 0.15) is 0 Å². The fourth-order valence-corrected chi connectivity index (χ4v) is 2.52. The van der Waals surface area contributed by atoms with Crippen molar-refractivity contribution in [3.63, 3.8) is 0 Å². The van der Waals surface area contributed by atoms with E-state index < -0.39 is 0 Å². The number of ether oxygens (including phenoxy) is 1. The lowest BCUT2D eigenvalue weighted by molar-refractivity contribution is -0.132. The van der Waals surface area contributed by atoms with Crippen molar-refractivity contribution >= 4 is 5.91 Å². The van der Waals surface area contributed by atoms with Crippen LogP contribution in [0.1, 0.15) is 19.3 Å². The van der Waals surface area contributed by atoms with Crippen LogP contribution in [0.25, 0.3) is 0 Å². The first-order chi connectivity index (χ1) is 7.31. The molecule has 1 N–H and O–H groups in total. The molecule has 2 aliphatic rings. The highest BCUT2D eigenvalue weighted by atomic mass is 16.5. The first-order valence-electron chi connectivity index (χ1n) is 5.82. The highest BCUT2D eigenvalue weighted by Gasteiger charge is 2.31. The third-order valence-corrected chi connectivity index (χ3v) is 3.36. The quantitative estimate of drug-likeness (QED) is 0.728. The standard InChI is InChI=1S/C11H20N2O2/c1-15-8-9-4-6-13(7-9)11(14)10-3-2-5-12-10/h9-10,12H,2-8H2,1H3/t9-,10-/m0/s1. The molecule has 2 aliphatic heterocycles. The summed E-state index contributed by atoms with van der Waals surface area (Å²) in [6, 6.07) is 0.0892. The number of hydrogen-bond donors (Lipinski definition) is 1. The van der Waals surface area contributed by atoms with E-state index in [1.807, 2.05) is 4.90 Å². The largest absolute Gasteiger partial charge is 0.384 e. The Morgan fingerprint density at radius 2 is 2.40 bits per heavy atom. The molecule has 0 spiro atoms. The molecule has 0 aromatic carbocycles. The van der Waals surface area contributed by atoms with Crippen LogP contribution in [-0.2, 0) is 9.53 Å². The Morgan fingerprint density at radius 3 is 3.07 bits per heavy atom. The second kappa shape index (κ2) is 4.94. The molecule has 0 unspecified atom stereocenters. The maximum absolute atomic E-state index is 12.0. The predicted octanol–water partition coefficient (Wildman–Crippen LogP) is 0.233.